The number of hydrogen-bond donors (Lipinski definition) is 1. The summed E-state index contributed by atoms with van der Waals surface area (Å²) in [6.07, 6.45) is 5.19. The Hall–Kier alpha value is -4.40. The zero-order valence-corrected chi connectivity index (χ0v) is 17.0. The van der Waals surface area contributed by atoms with Crippen molar-refractivity contribution in [3.05, 3.63) is 84.8 Å². The summed E-state index contributed by atoms with van der Waals surface area (Å²) in [6, 6.07) is 17.7. The van der Waals surface area contributed by atoms with Gasteiger partial charge in [-0.15, -0.1) is 5.10 Å². The molecule has 0 aliphatic rings. The maximum atomic E-state index is 4.66. The summed E-state index contributed by atoms with van der Waals surface area (Å²) in [5.41, 5.74) is 4.52. The molecule has 152 valence electrons. The topological polar surface area (TPSA) is 99.2 Å². The van der Waals surface area contributed by atoms with Gasteiger partial charge in [0, 0.05) is 17.4 Å². The highest BCUT2D eigenvalue weighted by molar-refractivity contribution is 5.64. The second-order valence-corrected chi connectivity index (χ2v) is 6.95. The first-order chi connectivity index (χ1) is 15.2. The molecule has 0 atom stereocenters. The first-order valence-corrected chi connectivity index (χ1v) is 9.74. The quantitative estimate of drug-likeness (QED) is 0.473. The summed E-state index contributed by atoms with van der Waals surface area (Å²) in [5, 5.41) is 15.6. The predicted molar refractivity (Wildman–Crippen MR) is 117 cm³/mol. The van der Waals surface area contributed by atoms with E-state index in [0.717, 1.165) is 40.0 Å². The normalized spacial score (nSPS) is 10.9. The molecule has 0 unspecified atom stereocenters. The molecule has 1 N–H and O–H groups in total. The van der Waals surface area contributed by atoms with Gasteiger partial charge in [-0.25, -0.2) is 24.3 Å². The van der Waals surface area contributed by atoms with Crippen LogP contribution in [0.4, 0.5) is 11.6 Å². The van der Waals surface area contributed by atoms with Gasteiger partial charge in [0.15, 0.2) is 0 Å². The van der Waals surface area contributed by atoms with E-state index in [0.29, 0.717) is 5.95 Å². The first kappa shape index (κ1) is 18.6. The van der Waals surface area contributed by atoms with Gasteiger partial charge in [0.05, 0.1) is 29.5 Å². The van der Waals surface area contributed by atoms with Crippen molar-refractivity contribution < 1.29 is 0 Å². The molecule has 0 saturated heterocycles. The van der Waals surface area contributed by atoms with Crippen molar-refractivity contribution in [3.63, 3.8) is 0 Å². The molecule has 0 aliphatic carbocycles. The van der Waals surface area contributed by atoms with Crippen LogP contribution in [0, 0.1) is 13.8 Å². The molecule has 0 fully saturated rings. The fourth-order valence-electron chi connectivity index (χ4n) is 3.31. The number of aryl methyl sites for hydroxylation is 2. The Kier molecular flexibility index (Phi) is 4.68. The molecule has 0 spiro atoms. The minimum atomic E-state index is 0.518. The maximum Gasteiger partial charge on any atom is 0.227 e. The maximum absolute atomic E-state index is 4.66. The van der Waals surface area contributed by atoms with Crippen molar-refractivity contribution in [2.24, 2.45) is 0 Å². The van der Waals surface area contributed by atoms with Gasteiger partial charge >= 0.3 is 0 Å². The Bertz CT molecular complexity index is 1320. The number of rotatable bonds is 5. The fraction of sp³-hybridized carbons (Fsp3) is 0.0909. The monoisotopic (exact) mass is 409 g/mol. The molecule has 3 aromatic heterocycles. The van der Waals surface area contributed by atoms with Crippen LogP contribution in [0.1, 0.15) is 11.6 Å². The molecule has 5 rings (SSSR count). The molecule has 3 heterocycles. The van der Waals surface area contributed by atoms with E-state index in [1.165, 1.54) is 0 Å². The van der Waals surface area contributed by atoms with Gasteiger partial charge in [-0.2, -0.15) is 5.10 Å². The van der Waals surface area contributed by atoms with Crippen molar-refractivity contribution in [1.29, 1.82) is 0 Å². The molecule has 0 amide bonds. The summed E-state index contributed by atoms with van der Waals surface area (Å²) >= 11 is 0. The average Bonchev–Trinajstić information content (AvgIpc) is 3.44. The molecule has 0 aliphatic heterocycles. The molecule has 31 heavy (non-hydrogen) atoms. The number of aromatic nitrogens is 8. The second-order valence-electron chi connectivity index (χ2n) is 6.95. The molecule has 0 bridgehead atoms. The summed E-state index contributed by atoms with van der Waals surface area (Å²) in [5.74, 6) is 2.12. The fourth-order valence-corrected chi connectivity index (χ4v) is 3.31. The van der Waals surface area contributed by atoms with Gasteiger partial charge in [-0.05, 0) is 56.3 Å². The van der Waals surface area contributed by atoms with E-state index >= 15 is 0 Å². The Labute approximate surface area is 178 Å². The van der Waals surface area contributed by atoms with Gasteiger partial charge in [-0.1, -0.05) is 17.3 Å². The van der Waals surface area contributed by atoms with Crippen molar-refractivity contribution in [1.82, 2.24) is 39.7 Å². The molecule has 9 heteroatoms. The lowest BCUT2D eigenvalue weighted by Crippen LogP contribution is -2.01. The highest BCUT2D eigenvalue weighted by Gasteiger charge is 2.07. The number of nitrogens with zero attached hydrogens (tertiary/aromatic N) is 8. The minimum absolute atomic E-state index is 0.518. The molecule has 9 nitrogen and oxygen atoms in total. The van der Waals surface area contributed by atoms with E-state index in [9.17, 15) is 0 Å². The molecule has 0 radical (unpaired) electrons. The van der Waals surface area contributed by atoms with Crippen LogP contribution in [0.15, 0.2) is 73.2 Å². The van der Waals surface area contributed by atoms with Crippen molar-refractivity contribution in [2.45, 2.75) is 13.8 Å². The molecule has 5 aromatic rings. The van der Waals surface area contributed by atoms with Crippen LogP contribution >= 0.6 is 0 Å². The van der Waals surface area contributed by atoms with Crippen LogP contribution in [0.3, 0.4) is 0 Å². The summed E-state index contributed by atoms with van der Waals surface area (Å²) in [7, 11) is 0. The van der Waals surface area contributed by atoms with E-state index in [2.05, 4.69) is 35.7 Å². The van der Waals surface area contributed by atoms with Gasteiger partial charge in [0.2, 0.25) is 5.95 Å². The Morgan fingerprint density at radius 3 is 2.48 bits per heavy atom. The summed E-state index contributed by atoms with van der Waals surface area (Å²) in [4.78, 5) is 13.4. The van der Waals surface area contributed by atoms with Gasteiger partial charge in [0.1, 0.15) is 11.6 Å². The van der Waals surface area contributed by atoms with Gasteiger partial charge < -0.3 is 5.32 Å². The number of anilines is 2. The van der Waals surface area contributed by atoms with Crippen molar-refractivity contribution in [3.8, 4) is 22.6 Å². The largest absolute Gasteiger partial charge is 0.324 e. The van der Waals surface area contributed by atoms with E-state index in [1.54, 1.807) is 23.3 Å². The molecule has 0 saturated carbocycles. The van der Waals surface area contributed by atoms with E-state index in [-0.39, 0.29) is 0 Å². The molecular formula is C22H19N9. The Morgan fingerprint density at radius 1 is 0.871 bits per heavy atom. The average molecular weight is 409 g/mol. The third kappa shape index (κ3) is 3.88. The Balaban J connectivity index is 1.37. The van der Waals surface area contributed by atoms with Crippen LogP contribution in [0.2, 0.25) is 0 Å². The third-order valence-electron chi connectivity index (χ3n) is 4.73. The van der Waals surface area contributed by atoms with Crippen LogP contribution in [-0.2, 0) is 0 Å². The highest BCUT2D eigenvalue weighted by Crippen LogP contribution is 2.22. The van der Waals surface area contributed by atoms with E-state index in [1.807, 2.05) is 73.1 Å². The lowest BCUT2D eigenvalue weighted by Gasteiger charge is -2.09. The number of benzene rings is 2. The smallest absolute Gasteiger partial charge is 0.227 e. The summed E-state index contributed by atoms with van der Waals surface area (Å²) in [6.45, 7) is 3.81. The zero-order valence-electron chi connectivity index (χ0n) is 17.0. The second kappa shape index (κ2) is 7.79. The van der Waals surface area contributed by atoms with Crippen LogP contribution < -0.4 is 5.32 Å². The standard InChI is InChI=1S/C22H19N9/c1-15-25-16(2)31(28-15)19-8-6-18(7-9-19)26-22-23-11-10-21(27-22)17-4-3-5-20(14-17)30-13-12-24-29-30/h3-14H,1-2H3,(H,23,26,27). The predicted octanol–water partition coefficient (Wildman–Crippen LogP) is 3.67. The number of nitrogens with one attached hydrogen (secondary N) is 1. The SMILES string of the molecule is Cc1nc(C)n(-c2ccc(Nc3nccc(-c4cccc(-n5ccnn5)c4)n3)cc2)n1. The lowest BCUT2D eigenvalue weighted by atomic mass is 10.1. The van der Waals surface area contributed by atoms with Crippen LogP contribution in [0.25, 0.3) is 22.6 Å². The highest BCUT2D eigenvalue weighted by atomic mass is 15.4. The van der Waals surface area contributed by atoms with Crippen LogP contribution in [-0.4, -0.2) is 39.7 Å². The van der Waals surface area contributed by atoms with Crippen LogP contribution in [0.5, 0.6) is 0 Å². The molecular weight excluding hydrogens is 390 g/mol. The first-order valence-electron chi connectivity index (χ1n) is 9.74. The van der Waals surface area contributed by atoms with E-state index < -0.39 is 0 Å². The van der Waals surface area contributed by atoms with Gasteiger partial charge in [-0.3, -0.25) is 0 Å². The Morgan fingerprint density at radius 2 is 1.74 bits per heavy atom. The third-order valence-corrected chi connectivity index (χ3v) is 4.73. The zero-order chi connectivity index (χ0) is 21.2. The number of hydrogen-bond acceptors (Lipinski definition) is 7. The van der Waals surface area contributed by atoms with Crippen molar-refractivity contribution in [2.75, 3.05) is 5.32 Å². The summed E-state index contributed by atoms with van der Waals surface area (Å²) < 4.78 is 3.53. The van der Waals surface area contributed by atoms with Gasteiger partial charge in [0.25, 0.3) is 0 Å². The lowest BCUT2D eigenvalue weighted by molar-refractivity contribution is 0.803. The van der Waals surface area contributed by atoms with Crippen molar-refractivity contribution >= 4 is 11.6 Å². The minimum Gasteiger partial charge on any atom is -0.324 e. The van der Waals surface area contributed by atoms with E-state index in [4.69, 9.17) is 0 Å². The molecule has 2 aromatic carbocycles.